The molecule has 1 aliphatic heterocycles. The second-order valence-electron chi connectivity index (χ2n) is 5.32. The molecule has 0 saturated carbocycles. The summed E-state index contributed by atoms with van der Waals surface area (Å²) in [6, 6.07) is 8.92. The second-order valence-corrected chi connectivity index (χ2v) is 6.10. The van der Waals surface area contributed by atoms with E-state index in [4.69, 9.17) is 9.15 Å². The Bertz CT molecular complexity index is 655. The number of benzene rings is 1. The van der Waals surface area contributed by atoms with Gasteiger partial charge in [-0.15, -0.1) is 0 Å². The highest BCUT2D eigenvalue weighted by Gasteiger charge is 2.32. The number of hydrogen-bond donors (Lipinski definition) is 0. The Balaban J connectivity index is 2.01. The fourth-order valence-corrected chi connectivity index (χ4v) is 2.55. The van der Waals surface area contributed by atoms with Crippen molar-refractivity contribution in [2.45, 2.75) is 19.3 Å². The van der Waals surface area contributed by atoms with Crippen LogP contribution in [0.3, 0.4) is 0 Å². The summed E-state index contributed by atoms with van der Waals surface area (Å²) in [5, 5.41) is 0. The number of furan rings is 1. The molecule has 1 aromatic heterocycles. The molecule has 2 heterocycles. The van der Waals surface area contributed by atoms with Gasteiger partial charge in [-0.1, -0.05) is 13.8 Å². The van der Waals surface area contributed by atoms with Gasteiger partial charge in [-0.25, -0.2) is 0 Å². The Morgan fingerprint density at radius 1 is 1.26 bits per heavy atom. The lowest BCUT2D eigenvalue weighted by Crippen LogP contribution is -2.18. The normalized spacial score (nSPS) is 15.9. The number of fused-ring (bicyclic) bond motifs is 1. The first kappa shape index (κ1) is 12.5. The maximum absolute atomic E-state index is 12.3. The van der Waals surface area contributed by atoms with Crippen molar-refractivity contribution in [1.82, 2.24) is 0 Å². The molecule has 0 fully saturated rings. The third-order valence-electron chi connectivity index (χ3n) is 3.36. The van der Waals surface area contributed by atoms with Crippen LogP contribution >= 0.6 is 15.9 Å². The van der Waals surface area contributed by atoms with Crippen molar-refractivity contribution in [1.29, 1.82) is 0 Å². The minimum absolute atomic E-state index is 0.0601. The zero-order valence-electron chi connectivity index (χ0n) is 10.7. The third kappa shape index (κ3) is 2.10. The second kappa shape index (κ2) is 4.23. The third-order valence-corrected chi connectivity index (χ3v) is 3.78. The minimum Gasteiger partial charge on any atom is -0.492 e. The minimum atomic E-state index is -0.115. The van der Waals surface area contributed by atoms with E-state index in [1.165, 1.54) is 0 Å². The van der Waals surface area contributed by atoms with Crippen molar-refractivity contribution in [3.8, 4) is 5.75 Å². The molecule has 98 valence electrons. The number of halogens is 1. The van der Waals surface area contributed by atoms with Gasteiger partial charge in [0.15, 0.2) is 10.4 Å². The smallest absolute Gasteiger partial charge is 0.228 e. The molecule has 2 aromatic rings. The molecule has 0 radical (unpaired) electrons. The van der Waals surface area contributed by atoms with E-state index in [9.17, 15) is 4.79 Å². The summed E-state index contributed by atoms with van der Waals surface area (Å²) in [7, 11) is 0. The molecule has 3 rings (SSSR count). The highest BCUT2D eigenvalue weighted by Crippen LogP contribution is 2.39. The predicted molar refractivity (Wildman–Crippen MR) is 74.8 cm³/mol. The predicted octanol–water partition coefficient (Wildman–Crippen LogP) is 3.94. The summed E-state index contributed by atoms with van der Waals surface area (Å²) in [6.45, 7) is 4.86. The Hall–Kier alpha value is -1.55. The van der Waals surface area contributed by atoms with Gasteiger partial charge in [0.1, 0.15) is 5.75 Å². The zero-order valence-corrected chi connectivity index (χ0v) is 12.3. The number of ether oxygens (including phenoxy) is 1. The number of rotatable bonds is 2. The molecule has 0 amide bonds. The summed E-state index contributed by atoms with van der Waals surface area (Å²) < 4.78 is 11.5. The van der Waals surface area contributed by atoms with Gasteiger partial charge in [0, 0.05) is 16.5 Å². The van der Waals surface area contributed by atoms with Crippen LogP contribution in [-0.2, 0) is 5.41 Å². The summed E-state index contributed by atoms with van der Waals surface area (Å²) in [5.74, 6) is 1.09. The SMILES string of the molecule is CC1(C)COc2ccc(C(=O)c3ccc(Br)o3)cc21. The van der Waals surface area contributed by atoms with Crippen LogP contribution in [0, 0.1) is 0 Å². The average molecular weight is 321 g/mol. The van der Waals surface area contributed by atoms with Gasteiger partial charge in [-0.3, -0.25) is 4.79 Å². The highest BCUT2D eigenvalue weighted by molar-refractivity contribution is 9.10. The van der Waals surface area contributed by atoms with Crippen LogP contribution in [0.5, 0.6) is 5.75 Å². The van der Waals surface area contributed by atoms with E-state index in [1.54, 1.807) is 18.2 Å². The van der Waals surface area contributed by atoms with Crippen LogP contribution < -0.4 is 4.74 Å². The molecule has 0 unspecified atom stereocenters. The molecule has 4 heteroatoms. The maximum atomic E-state index is 12.3. The topological polar surface area (TPSA) is 39.4 Å². The summed E-state index contributed by atoms with van der Waals surface area (Å²) in [5.41, 5.74) is 1.64. The number of carbonyl (C=O) groups excluding carboxylic acids is 1. The first-order chi connectivity index (χ1) is 8.97. The van der Waals surface area contributed by atoms with Crippen LogP contribution in [0.25, 0.3) is 0 Å². The van der Waals surface area contributed by atoms with Gasteiger partial charge >= 0.3 is 0 Å². The van der Waals surface area contributed by atoms with E-state index in [0.29, 0.717) is 22.6 Å². The lowest BCUT2D eigenvalue weighted by Gasteiger charge is -2.15. The van der Waals surface area contributed by atoms with Gasteiger partial charge in [-0.2, -0.15) is 0 Å². The number of carbonyl (C=O) groups is 1. The molecule has 1 aliphatic rings. The van der Waals surface area contributed by atoms with Crippen LogP contribution in [0.4, 0.5) is 0 Å². The standard InChI is InChI=1S/C15H13BrO3/c1-15(2)8-18-11-4-3-9(7-10(11)15)14(17)12-5-6-13(16)19-12/h3-7H,8H2,1-2H3. The van der Waals surface area contributed by atoms with Crippen LogP contribution in [0.15, 0.2) is 39.4 Å². The summed E-state index contributed by atoms with van der Waals surface area (Å²) in [4.78, 5) is 12.3. The van der Waals surface area contributed by atoms with Crippen molar-refractivity contribution >= 4 is 21.7 Å². The van der Waals surface area contributed by atoms with Crippen molar-refractivity contribution in [3.05, 3.63) is 51.9 Å². The van der Waals surface area contributed by atoms with Crippen LogP contribution in [0.2, 0.25) is 0 Å². The number of hydrogen-bond acceptors (Lipinski definition) is 3. The Labute approximate surface area is 119 Å². The highest BCUT2D eigenvalue weighted by atomic mass is 79.9. The maximum Gasteiger partial charge on any atom is 0.228 e. The molecular formula is C15H13BrO3. The van der Waals surface area contributed by atoms with E-state index < -0.39 is 0 Å². The van der Waals surface area contributed by atoms with Crippen LogP contribution in [0.1, 0.15) is 35.5 Å². The quantitative estimate of drug-likeness (QED) is 0.787. The molecule has 0 spiro atoms. The fourth-order valence-electron chi connectivity index (χ4n) is 2.24. The number of ketones is 1. The van der Waals surface area contributed by atoms with E-state index in [-0.39, 0.29) is 11.2 Å². The van der Waals surface area contributed by atoms with Crippen molar-refractivity contribution in [2.75, 3.05) is 6.61 Å². The van der Waals surface area contributed by atoms with Gasteiger partial charge in [-0.05, 0) is 46.3 Å². The summed E-state index contributed by atoms with van der Waals surface area (Å²) >= 11 is 3.20. The molecule has 0 aliphatic carbocycles. The Kier molecular flexibility index (Phi) is 2.78. The van der Waals surface area contributed by atoms with Crippen molar-refractivity contribution < 1.29 is 13.9 Å². The molecule has 0 saturated heterocycles. The van der Waals surface area contributed by atoms with Gasteiger partial charge in [0.05, 0.1) is 6.61 Å². The Morgan fingerprint density at radius 3 is 2.74 bits per heavy atom. The molecular weight excluding hydrogens is 308 g/mol. The first-order valence-electron chi connectivity index (χ1n) is 6.05. The monoisotopic (exact) mass is 320 g/mol. The molecule has 0 atom stereocenters. The average Bonchev–Trinajstić information content (AvgIpc) is 2.93. The van der Waals surface area contributed by atoms with Gasteiger partial charge in [0.2, 0.25) is 5.78 Å². The van der Waals surface area contributed by atoms with Crippen LogP contribution in [-0.4, -0.2) is 12.4 Å². The van der Waals surface area contributed by atoms with Gasteiger partial charge < -0.3 is 9.15 Å². The van der Waals surface area contributed by atoms with E-state index in [0.717, 1.165) is 11.3 Å². The van der Waals surface area contributed by atoms with Crippen molar-refractivity contribution in [2.24, 2.45) is 0 Å². The zero-order chi connectivity index (χ0) is 13.6. The lowest BCUT2D eigenvalue weighted by atomic mass is 9.85. The van der Waals surface area contributed by atoms with E-state index in [1.807, 2.05) is 12.1 Å². The van der Waals surface area contributed by atoms with Crippen molar-refractivity contribution in [3.63, 3.8) is 0 Å². The largest absolute Gasteiger partial charge is 0.492 e. The molecule has 1 aromatic carbocycles. The van der Waals surface area contributed by atoms with Gasteiger partial charge in [0.25, 0.3) is 0 Å². The Morgan fingerprint density at radius 2 is 2.05 bits per heavy atom. The van der Waals surface area contributed by atoms with E-state index >= 15 is 0 Å². The molecule has 0 bridgehead atoms. The molecule has 3 nitrogen and oxygen atoms in total. The fraction of sp³-hybridized carbons (Fsp3) is 0.267. The summed E-state index contributed by atoms with van der Waals surface area (Å²) in [6.07, 6.45) is 0. The lowest BCUT2D eigenvalue weighted by molar-refractivity contribution is 0.101. The molecule has 19 heavy (non-hydrogen) atoms. The first-order valence-corrected chi connectivity index (χ1v) is 6.84. The molecule has 0 N–H and O–H groups in total. The van der Waals surface area contributed by atoms with E-state index in [2.05, 4.69) is 29.8 Å².